The Hall–Kier alpha value is -0.287. The molecule has 0 amide bonds. The Kier molecular flexibility index (Phi) is 3.67. The molecule has 0 aromatic heterocycles. The predicted octanol–water partition coefficient (Wildman–Crippen LogP) is 4.82. The molecule has 2 atom stereocenters. The van der Waals surface area contributed by atoms with E-state index in [0.29, 0.717) is 11.8 Å². The van der Waals surface area contributed by atoms with E-state index in [9.17, 15) is 0 Å². The molecule has 0 radical (unpaired) electrons. The Labute approximate surface area is 137 Å². The molecule has 0 fully saturated rings. The van der Waals surface area contributed by atoms with Crippen LogP contribution in [0.2, 0.25) is 0 Å². The zero-order chi connectivity index (χ0) is 13.5. The van der Waals surface area contributed by atoms with Gasteiger partial charge >= 0.3 is 137 Å². The van der Waals surface area contributed by atoms with E-state index in [2.05, 4.69) is 24.3 Å². The van der Waals surface area contributed by atoms with Gasteiger partial charge in [0.1, 0.15) is 0 Å². The summed E-state index contributed by atoms with van der Waals surface area (Å²) >= 11 is 1.65. The molecule has 0 saturated heterocycles. The van der Waals surface area contributed by atoms with Crippen molar-refractivity contribution in [2.24, 2.45) is 11.8 Å². The Bertz CT molecular complexity index is 521. The van der Waals surface area contributed by atoms with E-state index in [1.165, 1.54) is 51.4 Å². The number of rotatable bonds is 2. The molecule has 0 bridgehead atoms. The van der Waals surface area contributed by atoms with Crippen molar-refractivity contribution in [1.29, 1.82) is 0 Å². The molecule has 0 aliphatic heterocycles. The fourth-order valence-electron chi connectivity index (χ4n) is 4.43. The molecule has 0 heterocycles. The molecule has 2 unspecified atom stereocenters. The van der Waals surface area contributed by atoms with Crippen molar-refractivity contribution in [3.8, 4) is 0 Å². The van der Waals surface area contributed by atoms with E-state index in [0.717, 1.165) is 0 Å². The molecule has 0 saturated carbocycles. The summed E-state index contributed by atoms with van der Waals surface area (Å²) in [7, 11) is 0. The van der Waals surface area contributed by atoms with Crippen LogP contribution in [0.15, 0.2) is 46.6 Å². The minimum atomic E-state index is 0.687. The van der Waals surface area contributed by atoms with Crippen molar-refractivity contribution >= 4 is 3.21 Å². The van der Waals surface area contributed by atoms with Gasteiger partial charge in [-0.25, -0.2) is 0 Å². The van der Waals surface area contributed by atoms with Crippen molar-refractivity contribution in [1.82, 2.24) is 0 Å². The van der Waals surface area contributed by atoms with E-state index in [4.69, 9.17) is 0 Å². The van der Waals surface area contributed by atoms with Crippen molar-refractivity contribution in [3.63, 3.8) is 0 Å². The Morgan fingerprint density at radius 2 is 1.20 bits per heavy atom. The van der Waals surface area contributed by atoms with Gasteiger partial charge in [-0.2, -0.15) is 0 Å². The van der Waals surface area contributed by atoms with Crippen LogP contribution >= 0.6 is 0 Å². The van der Waals surface area contributed by atoms with Crippen LogP contribution in [-0.2, 0) is 24.2 Å². The second kappa shape index (κ2) is 5.49. The Balaban J connectivity index is 1.60. The van der Waals surface area contributed by atoms with Gasteiger partial charge in [0.05, 0.1) is 0 Å². The van der Waals surface area contributed by atoms with Crippen LogP contribution in [0.4, 0.5) is 0 Å². The molecule has 0 nitrogen and oxygen atoms in total. The Morgan fingerprint density at radius 3 is 1.70 bits per heavy atom. The van der Waals surface area contributed by atoms with Gasteiger partial charge in [0.25, 0.3) is 0 Å². The normalized spacial score (nSPS) is 31.9. The fraction of sp³-hybridized carbons (Fsp3) is 0.526. The first-order valence-corrected chi connectivity index (χ1v) is 9.46. The van der Waals surface area contributed by atoms with Gasteiger partial charge in [0, 0.05) is 0 Å². The molecule has 100 valence electrons. The van der Waals surface area contributed by atoms with E-state index in [-0.39, 0.29) is 0 Å². The van der Waals surface area contributed by atoms with Crippen molar-refractivity contribution in [2.45, 2.75) is 51.4 Å². The van der Waals surface area contributed by atoms with Crippen LogP contribution in [0.25, 0.3) is 0 Å². The summed E-state index contributed by atoms with van der Waals surface area (Å²) in [5.41, 5.74) is 6.92. The molecule has 0 spiro atoms. The molecular weight excluding hydrogens is 319 g/mol. The summed E-state index contributed by atoms with van der Waals surface area (Å²) in [6.07, 6.45) is 20.9. The van der Waals surface area contributed by atoms with Crippen LogP contribution in [0.5, 0.6) is 0 Å². The maximum absolute atomic E-state index is 2.51. The summed E-state index contributed by atoms with van der Waals surface area (Å²) in [5, 5.41) is 0. The summed E-state index contributed by atoms with van der Waals surface area (Å²) in [6, 6.07) is 0. The maximum atomic E-state index is 2.51. The molecule has 4 aliphatic carbocycles. The second-order valence-corrected chi connectivity index (χ2v) is 8.06. The third kappa shape index (κ3) is 2.17. The summed E-state index contributed by atoms with van der Waals surface area (Å²) in [5.74, 6) is 1.37. The van der Waals surface area contributed by atoms with Crippen molar-refractivity contribution in [2.75, 3.05) is 0 Å². The topological polar surface area (TPSA) is 0 Å². The third-order valence-electron chi connectivity index (χ3n) is 5.51. The second-order valence-electron chi connectivity index (χ2n) is 6.64. The van der Waals surface area contributed by atoms with Gasteiger partial charge in [-0.3, -0.25) is 0 Å². The summed E-state index contributed by atoms with van der Waals surface area (Å²) in [6.45, 7) is 0. The molecule has 1 heteroatoms. The van der Waals surface area contributed by atoms with Gasteiger partial charge in [0.2, 0.25) is 0 Å². The average Bonchev–Trinajstić information content (AvgIpc) is 3.11. The monoisotopic (exact) mass is 340 g/mol. The van der Waals surface area contributed by atoms with E-state index >= 15 is 0 Å². The number of hydrogen-bond donors (Lipinski definition) is 0. The standard InChI is InChI=1S/C19H22.Zr/c1-3-7-18-14(5-1)9-11-16(18)13-17-12-10-15-6-2-4-8-19(15)17;/h9-12,16-17H,1-8H2;/q;+2. The first-order chi connectivity index (χ1) is 9.84. The quantitative estimate of drug-likeness (QED) is 0.675. The SMILES string of the molecule is [Zr+2]=[C](C1C=CC2=C1CCCC2)C1C=CC2=C1CCCC2. The van der Waals surface area contributed by atoms with Crippen LogP contribution in [-0.4, -0.2) is 3.21 Å². The first-order valence-electron chi connectivity index (χ1n) is 8.23. The third-order valence-corrected chi connectivity index (χ3v) is 7.04. The molecule has 4 rings (SSSR count). The van der Waals surface area contributed by atoms with Gasteiger partial charge in [0.15, 0.2) is 0 Å². The van der Waals surface area contributed by atoms with Crippen LogP contribution in [0.3, 0.4) is 0 Å². The zero-order valence-corrected chi connectivity index (χ0v) is 14.6. The van der Waals surface area contributed by atoms with Gasteiger partial charge in [-0.15, -0.1) is 0 Å². The van der Waals surface area contributed by atoms with E-state index in [1.807, 2.05) is 0 Å². The molecule has 20 heavy (non-hydrogen) atoms. The fourth-order valence-corrected chi connectivity index (χ4v) is 5.76. The molecule has 0 aromatic rings. The van der Waals surface area contributed by atoms with Gasteiger partial charge < -0.3 is 0 Å². The molecule has 4 aliphatic rings. The van der Waals surface area contributed by atoms with E-state index < -0.39 is 0 Å². The molecule has 0 aromatic carbocycles. The first kappa shape index (κ1) is 13.4. The van der Waals surface area contributed by atoms with Gasteiger partial charge in [-0.1, -0.05) is 0 Å². The predicted molar refractivity (Wildman–Crippen MR) is 81.3 cm³/mol. The zero-order valence-electron chi connectivity index (χ0n) is 12.1. The molecule has 0 N–H and O–H groups in total. The van der Waals surface area contributed by atoms with Crippen molar-refractivity contribution in [3.05, 3.63) is 46.6 Å². The van der Waals surface area contributed by atoms with Crippen LogP contribution in [0, 0.1) is 11.8 Å². The van der Waals surface area contributed by atoms with Gasteiger partial charge in [-0.05, 0) is 0 Å². The van der Waals surface area contributed by atoms with Crippen LogP contribution in [0.1, 0.15) is 51.4 Å². The minimum absolute atomic E-state index is 0.687. The average molecular weight is 342 g/mol. The number of hydrogen-bond acceptors (Lipinski definition) is 0. The van der Waals surface area contributed by atoms with Crippen LogP contribution < -0.4 is 0 Å². The summed E-state index contributed by atoms with van der Waals surface area (Å²) < 4.78 is 1.78. The van der Waals surface area contributed by atoms with Crippen molar-refractivity contribution < 1.29 is 24.2 Å². The molecular formula is C19H22Zr+2. The Morgan fingerprint density at radius 1 is 0.750 bits per heavy atom. The van der Waals surface area contributed by atoms with E-state index in [1.54, 1.807) is 49.7 Å². The summed E-state index contributed by atoms with van der Waals surface area (Å²) in [4.78, 5) is 0. The number of allylic oxidation sites excluding steroid dienone is 8.